The lowest BCUT2D eigenvalue weighted by molar-refractivity contribution is -0.121. The number of nitrogens with zero attached hydrogens (tertiary/aromatic N) is 1. The van der Waals surface area contributed by atoms with Gasteiger partial charge in [0, 0.05) is 25.4 Å². The lowest BCUT2D eigenvalue weighted by Crippen LogP contribution is -2.33. The normalized spacial score (nSPS) is 21.3. The largest absolute Gasteiger partial charge is 0.419 e. The van der Waals surface area contributed by atoms with Gasteiger partial charge in [-0.25, -0.2) is 4.79 Å². The molecule has 2 unspecified atom stereocenters. The highest BCUT2D eigenvalue weighted by atomic mass is 16.4. The molecular weight excluding hydrogens is 284 g/mol. The Labute approximate surface area is 127 Å². The number of hydrogen-bond acceptors (Lipinski definition) is 4. The number of carbonyl (C=O) groups is 1. The van der Waals surface area contributed by atoms with Gasteiger partial charge in [-0.1, -0.05) is 18.6 Å². The quantitative estimate of drug-likeness (QED) is 0.871. The number of amides is 1. The molecule has 1 aromatic carbocycles. The molecule has 6 heteroatoms. The molecule has 2 atom stereocenters. The first kappa shape index (κ1) is 14.8. The van der Waals surface area contributed by atoms with Crippen molar-refractivity contribution in [1.82, 2.24) is 9.88 Å². The van der Waals surface area contributed by atoms with Gasteiger partial charge in [-0.2, -0.15) is 0 Å². The van der Waals surface area contributed by atoms with E-state index in [4.69, 9.17) is 4.42 Å². The number of nitrogens with one attached hydrogen (secondary N) is 1. The van der Waals surface area contributed by atoms with Crippen LogP contribution in [0.5, 0.6) is 0 Å². The van der Waals surface area contributed by atoms with Gasteiger partial charge < -0.3 is 14.8 Å². The molecule has 0 saturated heterocycles. The zero-order valence-electron chi connectivity index (χ0n) is 12.3. The number of aliphatic hydroxyl groups is 1. The van der Waals surface area contributed by atoms with Crippen molar-refractivity contribution in [2.45, 2.75) is 38.3 Å². The number of aryl methyl sites for hydroxylation is 1. The van der Waals surface area contributed by atoms with Gasteiger partial charge in [-0.15, -0.1) is 0 Å². The summed E-state index contributed by atoms with van der Waals surface area (Å²) in [5.74, 6) is -0.405. The lowest BCUT2D eigenvalue weighted by Gasteiger charge is -2.15. The molecule has 2 aromatic rings. The highest BCUT2D eigenvalue weighted by Crippen LogP contribution is 2.24. The number of aromatic nitrogens is 1. The molecule has 1 saturated carbocycles. The van der Waals surface area contributed by atoms with Crippen molar-refractivity contribution in [2.24, 2.45) is 5.92 Å². The molecule has 0 spiro atoms. The summed E-state index contributed by atoms with van der Waals surface area (Å²) in [5, 5.41) is 12.6. The maximum Gasteiger partial charge on any atom is 0.419 e. The molecule has 1 heterocycles. The third-order valence-corrected chi connectivity index (χ3v) is 4.32. The van der Waals surface area contributed by atoms with Gasteiger partial charge in [0.1, 0.15) is 0 Å². The molecule has 1 aliphatic carbocycles. The summed E-state index contributed by atoms with van der Waals surface area (Å²) in [6.07, 6.45) is 2.69. The van der Waals surface area contributed by atoms with Crippen LogP contribution in [0.25, 0.3) is 11.1 Å². The molecule has 1 fully saturated rings. The topological polar surface area (TPSA) is 84.5 Å². The number of para-hydroxylation sites is 2. The van der Waals surface area contributed by atoms with E-state index < -0.39 is 5.76 Å². The SMILES string of the molecule is O=C(CCn1c(=O)oc2ccccc21)NCC1CCCC1O. The molecule has 22 heavy (non-hydrogen) atoms. The molecule has 1 aliphatic rings. The van der Waals surface area contributed by atoms with Crippen LogP contribution in [0.1, 0.15) is 25.7 Å². The van der Waals surface area contributed by atoms with Crippen molar-refractivity contribution in [2.75, 3.05) is 6.54 Å². The summed E-state index contributed by atoms with van der Waals surface area (Å²) in [6.45, 7) is 0.788. The Morgan fingerprint density at radius 3 is 2.95 bits per heavy atom. The molecule has 1 aromatic heterocycles. The fourth-order valence-electron chi connectivity index (χ4n) is 3.03. The molecule has 0 bridgehead atoms. The Kier molecular flexibility index (Phi) is 4.29. The second-order valence-electron chi connectivity index (χ2n) is 5.80. The number of aliphatic hydroxyl groups excluding tert-OH is 1. The fourth-order valence-corrected chi connectivity index (χ4v) is 3.03. The van der Waals surface area contributed by atoms with Crippen LogP contribution in [-0.4, -0.2) is 28.2 Å². The van der Waals surface area contributed by atoms with Crippen LogP contribution in [0.2, 0.25) is 0 Å². The number of oxazole rings is 1. The smallest absolute Gasteiger partial charge is 0.408 e. The number of carbonyl (C=O) groups excluding carboxylic acids is 1. The first-order valence-electron chi connectivity index (χ1n) is 7.68. The maximum atomic E-state index is 11.9. The summed E-state index contributed by atoms with van der Waals surface area (Å²) in [4.78, 5) is 23.7. The minimum atomic E-state index is -0.444. The first-order chi connectivity index (χ1) is 10.6. The molecule has 1 amide bonds. The Bertz CT molecular complexity index is 718. The predicted octanol–water partition coefficient (Wildman–Crippen LogP) is 1.26. The van der Waals surface area contributed by atoms with E-state index in [0.717, 1.165) is 19.3 Å². The van der Waals surface area contributed by atoms with Crippen LogP contribution < -0.4 is 11.1 Å². The van der Waals surface area contributed by atoms with E-state index in [0.29, 0.717) is 17.6 Å². The Hall–Kier alpha value is -2.08. The van der Waals surface area contributed by atoms with Crippen molar-refractivity contribution in [1.29, 1.82) is 0 Å². The average molecular weight is 304 g/mol. The fraction of sp³-hybridized carbons (Fsp3) is 0.500. The molecule has 6 nitrogen and oxygen atoms in total. The Morgan fingerprint density at radius 1 is 1.36 bits per heavy atom. The second kappa shape index (κ2) is 6.36. The summed E-state index contributed by atoms with van der Waals surface area (Å²) < 4.78 is 6.60. The van der Waals surface area contributed by atoms with E-state index in [1.165, 1.54) is 4.57 Å². The highest BCUT2D eigenvalue weighted by Gasteiger charge is 2.25. The van der Waals surface area contributed by atoms with Gasteiger partial charge in [-0.05, 0) is 25.0 Å². The van der Waals surface area contributed by atoms with Crippen molar-refractivity contribution in [3.05, 3.63) is 34.8 Å². The Balaban J connectivity index is 1.56. The summed E-state index contributed by atoms with van der Waals surface area (Å²) in [7, 11) is 0. The minimum Gasteiger partial charge on any atom is -0.408 e. The van der Waals surface area contributed by atoms with Crippen LogP contribution >= 0.6 is 0 Å². The van der Waals surface area contributed by atoms with Crippen LogP contribution in [0.4, 0.5) is 0 Å². The molecule has 118 valence electrons. The third kappa shape index (κ3) is 3.06. The van der Waals surface area contributed by atoms with E-state index in [1.807, 2.05) is 6.07 Å². The van der Waals surface area contributed by atoms with Gasteiger partial charge in [0.25, 0.3) is 0 Å². The third-order valence-electron chi connectivity index (χ3n) is 4.32. The van der Waals surface area contributed by atoms with Crippen molar-refractivity contribution >= 4 is 17.0 Å². The number of benzene rings is 1. The van der Waals surface area contributed by atoms with Gasteiger partial charge in [0.2, 0.25) is 5.91 Å². The van der Waals surface area contributed by atoms with Crippen molar-refractivity contribution in [3.8, 4) is 0 Å². The number of rotatable bonds is 5. The van der Waals surface area contributed by atoms with Crippen LogP contribution in [0.3, 0.4) is 0 Å². The summed E-state index contributed by atoms with van der Waals surface area (Å²) in [6, 6.07) is 7.16. The molecule has 3 rings (SSSR count). The van der Waals surface area contributed by atoms with E-state index in [1.54, 1.807) is 18.2 Å². The van der Waals surface area contributed by atoms with E-state index in [2.05, 4.69) is 5.32 Å². The van der Waals surface area contributed by atoms with Gasteiger partial charge in [0.15, 0.2) is 5.58 Å². The Morgan fingerprint density at radius 2 is 2.18 bits per heavy atom. The minimum absolute atomic E-state index is 0.115. The molecular formula is C16H20N2O4. The van der Waals surface area contributed by atoms with Gasteiger partial charge >= 0.3 is 5.76 Å². The maximum absolute atomic E-state index is 11.9. The number of fused-ring (bicyclic) bond motifs is 1. The summed E-state index contributed by atoms with van der Waals surface area (Å²) >= 11 is 0. The van der Waals surface area contributed by atoms with E-state index in [9.17, 15) is 14.7 Å². The monoisotopic (exact) mass is 304 g/mol. The summed E-state index contributed by atoms with van der Waals surface area (Å²) in [5.41, 5.74) is 1.23. The molecule has 0 aliphatic heterocycles. The zero-order valence-corrected chi connectivity index (χ0v) is 12.3. The average Bonchev–Trinajstić information content (AvgIpc) is 3.05. The van der Waals surface area contributed by atoms with Crippen LogP contribution in [0.15, 0.2) is 33.5 Å². The van der Waals surface area contributed by atoms with Gasteiger partial charge in [0.05, 0.1) is 11.6 Å². The standard InChI is InChI=1S/C16H20N2O4/c19-13-6-3-4-11(13)10-17-15(20)8-9-18-12-5-1-2-7-14(12)22-16(18)21/h1-2,5,7,11,13,19H,3-4,6,8-10H2,(H,17,20). The number of hydrogen-bond donors (Lipinski definition) is 2. The predicted molar refractivity (Wildman–Crippen MR) is 81.4 cm³/mol. The van der Waals surface area contributed by atoms with Crippen LogP contribution in [0, 0.1) is 5.92 Å². The highest BCUT2D eigenvalue weighted by molar-refractivity contribution is 5.76. The first-order valence-corrected chi connectivity index (χ1v) is 7.68. The van der Waals surface area contributed by atoms with Crippen LogP contribution in [-0.2, 0) is 11.3 Å². The second-order valence-corrected chi connectivity index (χ2v) is 5.80. The molecule has 2 N–H and O–H groups in total. The van der Waals surface area contributed by atoms with Crippen molar-refractivity contribution in [3.63, 3.8) is 0 Å². The lowest BCUT2D eigenvalue weighted by atomic mass is 10.1. The van der Waals surface area contributed by atoms with Crippen molar-refractivity contribution < 1.29 is 14.3 Å². The van der Waals surface area contributed by atoms with E-state index in [-0.39, 0.29) is 30.9 Å². The molecule has 0 radical (unpaired) electrons. The van der Waals surface area contributed by atoms with E-state index >= 15 is 0 Å². The zero-order chi connectivity index (χ0) is 15.5. The van der Waals surface area contributed by atoms with Gasteiger partial charge in [-0.3, -0.25) is 9.36 Å².